The molecule has 0 heterocycles. The van der Waals surface area contributed by atoms with Crippen LogP contribution in [0.3, 0.4) is 0 Å². The van der Waals surface area contributed by atoms with Gasteiger partial charge in [0.2, 0.25) is 0 Å². The van der Waals surface area contributed by atoms with E-state index in [-0.39, 0.29) is 18.1 Å². The second kappa shape index (κ2) is 8.43. The molecule has 0 aliphatic carbocycles. The molecule has 1 rings (SSSR count). The number of nitrogens with one attached hydrogen (secondary N) is 2. The minimum Gasteiger partial charge on any atom is -0.492 e. The van der Waals surface area contributed by atoms with Crippen LogP contribution in [0.2, 0.25) is 0 Å². The molecule has 0 saturated carbocycles. The van der Waals surface area contributed by atoms with Gasteiger partial charge in [0.05, 0.1) is 18.4 Å². The average molecular weight is 280 g/mol. The van der Waals surface area contributed by atoms with Crippen molar-refractivity contribution in [1.82, 2.24) is 5.32 Å². The summed E-state index contributed by atoms with van der Waals surface area (Å²) in [5.74, 6) is 0.880. The molecule has 0 aliphatic heterocycles. The minimum absolute atomic E-state index is 0.225. The van der Waals surface area contributed by atoms with Crippen LogP contribution in [0.1, 0.15) is 27.2 Å². The molecule has 1 aromatic carbocycles. The quantitative estimate of drug-likeness (QED) is 0.719. The highest BCUT2D eigenvalue weighted by Crippen LogP contribution is 2.23. The van der Waals surface area contributed by atoms with Crippen LogP contribution in [-0.2, 0) is 0 Å². The second-order valence-corrected chi connectivity index (χ2v) is 4.95. The van der Waals surface area contributed by atoms with Gasteiger partial charge >= 0.3 is 6.03 Å². The third kappa shape index (κ3) is 5.93. The molecule has 0 spiro atoms. The third-order valence-electron chi connectivity index (χ3n) is 2.79. The van der Waals surface area contributed by atoms with E-state index in [9.17, 15) is 9.90 Å². The highest BCUT2D eigenvalue weighted by atomic mass is 16.5. The molecule has 0 saturated heterocycles. The number of amides is 2. The molecule has 5 nitrogen and oxygen atoms in total. The van der Waals surface area contributed by atoms with Crippen molar-refractivity contribution in [3.05, 3.63) is 24.3 Å². The predicted molar refractivity (Wildman–Crippen MR) is 80.1 cm³/mol. The molecule has 0 radical (unpaired) electrons. The third-order valence-corrected chi connectivity index (χ3v) is 2.79. The number of carbonyl (C=O) groups excluding carboxylic acids is 1. The van der Waals surface area contributed by atoms with Crippen molar-refractivity contribution >= 4 is 11.7 Å². The lowest BCUT2D eigenvalue weighted by atomic mass is 10.1. The lowest BCUT2D eigenvalue weighted by molar-refractivity contribution is 0.163. The Labute approximate surface area is 120 Å². The number of benzene rings is 1. The van der Waals surface area contributed by atoms with Gasteiger partial charge in [-0.1, -0.05) is 19.1 Å². The summed E-state index contributed by atoms with van der Waals surface area (Å²) < 4.78 is 5.44. The van der Waals surface area contributed by atoms with Crippen molar-refractivity contribution in [2.24, 2.45) is 5.92 Å². The topological polar surface area (TPSA) is 70.6 Å². The van der Waals surface area contributed by atoms with Gasteiger partial charge in [-0.05, 0) is 38.3 Å². The van der Waals surface area contributed by atoms with Crippen LogP contribution >= 0.6 is 0 Å². The van der Waals surface area contributed by atoms with Gasteiger partial charge in [0, 0.05) is 6.54 Å². The first-order chi connectivity index (χ1) is 9.52. The molecule has 2 atom stereocenters. The predicted octanol–water partition coefficient (Wildman–Crippen LogP) is 2.61. The summed E-state index contributed by atoms with van der Waals surface area (Å²) in [4.78, 5) is 11.8. The van der Waals surface area contributed by atoms with Gasteiger partial charge in [-0.15, -0.1) is 0 Å². The Morgan fingerprint density at radius 3 is 2.70 bits per heavy atom. The first kappa shape index (κ1) is 16.3. The van der Waals surface area contributed by atoms with Gasteiger partial charge in [0.15, 0.2) is 0 Å². The van der Waals surface area contributed by atoms with Crippen LogP contribution in [0.5, 0.6) is 5.75 Å². The number of hydrogen-bond donors (Lipinski definition) is 3. The molecule has 20 heavy (non-hydrogen) atoms. The Balaban J connectivity index is 2.46. The van der Waals surface area contributed by atoms with E-state index < -0.39 is 0 Å². The minimum atomic E-state index is -0.353. The number of aliphatic hydroxyl groups is 1. The van der Waals surface area contributed by atoms with Crippen LogP contribution in [0.4, 0.5) is 10.5 Å². The van der Waals surface area contributed by atoms with Crippen LogP contribution in [-0.4, -0.2) is 30.4 Å². The summed E-state index contributed by atoms with van der Waals surface area (Å²) in [5, 5.41) is 14.8. The normalized spacial score (nSPS) is 13.4. The number of aliphatic hydroxyl groups excluding tert-OH is 1. The fourth-order valence-electron chi connectivity index (χ4n) is 1.95. The zero-order valence-electron chi connectivity index (χ0n) is 12.3. The Morgan fingerprint density at radius 2 is 2.05 bits per heavy atom. The number of urea groups is 1. The molecular weight excluding hydrogens is 256 g/mol. The van der Waals surface area contributed by atoms with E-state index in [1.165, 1.54) is 0 Å². The summed E-state index contributed by atoms with van der Waals surface area (Å²) >= 11 is 0. The number of rotatable bonds is 7. The maximum Gasteiger partial charge on any atom is 0.319 e. The fourth-order valence-corrected chi connectivity index (χ4v) is 1.95. The van der Waals surface area contributed by atoms with E-state index in [0.717, 1.165) is 0 Å². The zero-order chi connectivity index (χ0) is 15.0. The van der Waals surface area contributed by atoms with Gasteiger partial charge in [0.1, 0.15) is 5.75 Å². The molecule has 0 aromatic heterocycles. The largest absolute Gasteiger partial charge is 0.492 e. The monoisotopic (exact) mass is 280 g/mol. The van der Waals surface area contributed by atoms with Crippen LogP contribution in [0.25, 0.3) is 0 Å². The SMILES string of the molecule is CCOc1ccccc1NC(=O)NCC(C)CC(C)O. The number of hydrogen-bond acceptors (Lipinski definition) is 3. The molecule has 112 valence electrons. The highest BCUT2D eigenvalue weighted by molar-refractivity contribution is 5.90. The molecule has 5 heteroatoms. The van der Waals surface area contributed by atoms with E-state index >= 15 is 0 Å². The summed E-state index contributed by atoms with van der Waals surface area (Å²) in [5.41, 5.74) is 0.648. The van der Waals surface area contributed by atoms with Crippen LogP contribution < -0.4 is 15.4 Å². The summed E-state index contributed by atoms with van der Waals surface area (Å²) in [6.07, 6.45) is 0.309. The van der Waals surface area contributed by atoms with Crippen LogP contribution in [0, 0.1) is 5.92 Å². The van der Waals surface area contributed by atoms with Crippen molar-refractivity contribution in [2.45, 2.75) is 33.3 Å². The van der Waals surface area contributed by atoms with Crippen LogP contribution in [0.15, 0.2) is 24.3 Å². The molecule has 1 aromatic rings. The van der Waals surface area contributed by atoms with E-state index in [2.05, 4.69) is 10.6 Å². The van der Waals surface area contributed by atoms with E-state index in [0.29, 0.717) is 31.0 Å². The van der Waals surface area contributed by atoms with Gasteiger partial charge in [-0.3, -0.25) is 0 Å². The first-order valence-corrected chi connectivity index (χ1v) is 6.97. The fraction of sp³-hybridized carbons (Fsp3) is 0.533. The average Bonchev–Trinajstić information content (AvgIpc) is 2.38. The molecular formula is C15H24N2O3. The molecule has 0 fully saturated rings. The lowest BCUT2D eigenvalue weighted by Crippen LogP contribution is -2.33. The van der Waals surface area contributed by atoms with E-state index in [4.69, 9.17) is 4.74 Å². The molecule has 2 amide bonds. The van der Waals surface area contributed by atoms with E-state index in [1.807, 2.05) is 32.0 Å². The number of anilines is 1. The lowest BCUT2D eigenvalue weighted by Gasteiger charge is -2.15. The highest BCUT2D eigenvalue weighted by Gasteiger charge is 2.10. The maximum atomic E-state index is 11.8. The number of carbonyl (C=O) groups is 1. The molecule has 0 bridgehead atoms. The molecule has 0 aliphatic rings. The Kier molecular flexibility index (Phi) is 6.87. The summed E-state index contributed by atoms with van der Waals surface area (Å²) in [6.45, 7) is 6.70. The Bertz CT molecular complexity index is 421. The first-order valence-electron chi connectivity index (χ1n) is 6.97. The van der Waals surface area contributed by atoms with Crippen molar-refractivity contribution < 1.29 is 14.6 Å². The maximum absolute atomic E-state index is 11.8. The molecule has 2 unspecified atom stereocenters. The van der Waals surface area contributed by atoms with Crippen molar-refractivity contribution in [2.75, 3.05) is 18.5 Å². The standard InChI is InChI=1S/C15H24N2O3/c1-4-20-14-8-6-5-7-13(14)17-15(19)16-10-11(2)9-12(3)18/h5-8,11-12,18H,4,9-10H2,1-3H3,(H2,16,17,19). The Morgan fingerprint density at radius 1 is 1.35 bits per heavy atom. The Hall–Kier alpha value is -1.75. The van der Waals surface area contributed by atoms with Crippen molar-refractivity contribution in [3.8, 4) is 5.75 Å². The van der Waals surface area contributed by atoms with Gasteiger partial charge < -0.3 is 20.5 Å². The van der Waals surface area contributed by atoms with E-state index in [1.54, 1.807) is 13.0 Å². The van der Waals surface area contributed by atoms with Crippen molar-refractivity contribution in [3.63, 3.8) is 0 Å². The number of para-hydroxylation sites is 2. The number of ether oxygens (including phenoxy) is 1. The van der Waals surface area contributed by atoms with Crippen molar-refractivity contribution in [1.29, 1.82) is 0 Å². The summed E-state index contributed by atoms with van der Waals surface area (Å²) in [6, 6.07) is 7.04. The second-order valence-electron chi connectivity index (χ2n) is 4.95. The zero-order valence-corrected chi connectivity index (χ0v) is 12.3. The molecule has 3 N–H and O–H groups in total. The summed E-state index contributed by atoms with van der Waals surface area (Å²) in [7, 11) is 0. The van der Waals surface area contributed by atoms with Gasteiger partial charge in [-0.25, -0.2) is 4.79 Å². The van der Waals surface area contributed by atoms with Gasteiger partial charge in [0.25, 0.3) is 0 Å². The smallest absolute Gasteiger partial charge is 0.319 e. The van der Waals surface area contributed by atoms with Gasteiger partial charge in [-0.2, -0.15) is 0 Å².